The number of benzene rings is 1. The second kappa shape index (κ2) is 7.38. The van der Waals surface area contributed by atoms with Gasteiger partial charge in [-0.1, -0.05) is 12.1 Å². The van der Waals surface area contributed by atoms with Crippen molar-refractivity contribution < 1.29 is 14.6 Å². The first-order valence-corrected chi connectivity index (χ1v) is 7.96. The third kappa shape index (κ3) is 4.29. The van der Waals surface area contributed by atoms with Crippen LogP contribution >= 0.6 is 11.3 Å². The second-order valence-electron chi connectivity index (χ2n) is 5.12. The summed E-state index contributed by atoms with van der Waals surface area (Å²) < 4.78 is 5.62. The molecule has 2 aromatic rings. The van der Waals surface area contributed by atoms with E-state index in [1.807, 2.05) is 19.2 Å². The fraction of sp³-hybridized carbons (Fsp3) is 0.375. The molecule has 0 fully saturated rings. The summed E-state index contributed by atoms with van der Waals surface area (Å²) in [5.41, 5.74) is 1.70. The first-order chi connectivity index (χ1) is 10.5. The first kappa shape index (κ1) is 16.5. The van der Waals surface area contributed by atoms with E-state index in [1.165, 1.54) is 11.3 Å². The molecule has 22 heavy (non-hydrogen) atoms. The predicted molar refractivity (Wildman–Crippen MR) is 85.9 cm³/mol. The van der Waals surface area contributed by atoms with E-state index in [2.05, 4.69) is 10.3 Å². The number of carbonyl (C=O) groups excluding carboxylic acids is 1. The van der Waals surface area contributed by atoms with Crippen LogP contribution in [0.2, 0.25) is 0 Å². The minimum Gasteiger partial charge on any atom is -0.481 e. The molecule has 0 saturated carbocycles. The summed E-state index contributed by atoms with van der Waals surface area (Å²) >= 11 is 1.53. The molecule has 2 unspecified atom stereocenters. The normalized spacial score (nSPS) is 13.5. The Morgan fingerprint density at radius 3 is 2.86 bits per heavy atom. The van der Waals surface area contributed by atoms with Crippen LogP contribution in [0.1, 0.15) is 36.2 Å². The minimum absolute atomic E-state index is 0.0573. The Bertz CT molecular complexity index is 642. The quantitative estimate of drug-likeness (QED) is 0.858. The lowest BCUT2D eigenvalue weighted by Gasteiger charge is -2.17. The van der Waals surface area contributed by atoms with Crippen molar-refractivity contribution in [3.05, 3.63) is 45.9 Å². The van der Waals surface area contributed by atoms with Gasteiger partial charge in [0.2, 0.25) is 0 Å². The molecule has 0 radical (unpaired) electrons. The lowest BCUT2D eigenvalue weighted by Crippen LogP contribution is -2.37. The Balaban J connectivity index is 1.94. The number of hydrogen-bond donors (Lipinski definition) is 2. The third-order valence-electron chi connectivity index (χ3n) is 3.13. The Kier molecular flexibility index (Phi) is 5.51. The van der Waals surface area contributed by atoms with E-state index in [0.717, 1.165) is 16.3 Å². The monoisotopic (exact) mass is 320 g/mol. The number of carbonyl (C=O) groups is 1. The van der Waals surface area contributed by atoms with Gasteiger partial charge in [-0.3, -0.25) is 4.79 Å². The van der Waals surface area contributed by atoms with E-state index >= 15 is 0 Å². The topological polar surface area (TPSA) is 71.5 Å². The molecule has 6 heteroatoms. The summed E-state index contributed by atoms with van der Waals surface area (Å²) in [5, 5.41) is 14.8. The second-order valence-corrected chi connectivity index (χ2v) is 6.01. The summed E-state index contributed by atoms with van der Waals surface area (Å²) in [7, 11) is 0. The Morgan fingerprint density at radius 2 is 2.23 bits per heavy atom. The molecular formula is C16H20N2O3S. The zero-order valence-electron chi connectivity index (χ0n) is 12.9. The van der Waals surface area contributed by atoms with Gasteiger partial charge in [0.15, 0.2) is 6.10 Å². The molecule has 2 rings (SSSR count). The van der Waals surface area contributed by atoms with Crippen LogP contribution in [0.4, 0.5) is 0 Å². The van der Waals surface area contributed by atoms with Crippen molar-refractivity contribution in [2.45, 2.75) is 39.5 Å². The Labute approximate surface area is 134 Å². The van der Waals surface area contributed by atoms with Crippen LogP contribution in [0.15, 0.2) is 29.6 Å². The molecule has 0 aliphatic heterocycles. The fourth-order valence-electron chi connectivity index (χ4n) is 1.94. The van der Waals surface area contributed by atoms with Gasteiger partial charge in [-0.05, 0) is 38.5 Å². The Morgan fingerprint density at radius 1 is 1.45 bits per heavy atom. The number of ether oxygens (including phenoxy) is 1. The number of amides is 1. The van der Waals surface area contributed by atoms with E-state index in [9.17, 15) is 4.79 Å². The molecule has 1 aromatic heterocycles. The van der Waals surface area contributed by atoms with Crippen LogP contribution < -0.4 is 10.1 Å². The lowest BCUT2D eigenvalue weighted by molar-refractivity contribution is -0.127. The molecular weight excluding hydrogens is 300 g/mol. The summed E-state index contributed by atoms with van der Waals surface area (Å²) in [6.45, 7) is 5.46. The number of aliphatic hydroxyl groups excluding tert-OH is 1. The van der Waals surface area contributed by atoms with E-state index < -0.39 is 6.10 Å². The summed E-state index contributed by atoms with van der Waals surface area (Å²) in [5.74, 6) is 0.363. The highest BCUT2D eigenvalue weighted by Crippen LogP contribution is 2.18. The zero-order valence-corrected chi connectivity index (χ0v) is 13.7. The fourth-order valence-corrected chi connectivity index (χ4v) is 2.74. The molecule has 5 nitrogen and oxygen atoms in total. The smallest absolute Gasteiger partial charge is 0.261 e. The van der Waals surface area contributed by atoms with Gasteiger partial charge in [0.25, 0.3) is 5.91 Å². The number of aryl methyl sites for hydroxylation is 1. The molecule has 0 spiro atoms. The average Bonchev–Trinajstić information content (AvgIpc) is 2.94. The number of thiazole rings is 1. The van der Waals surface area contributed by atoms with E-state index in [1.54, 1.807) is 31.2 Å². The zero-order chi connectivity index (χ0) is 16.1. The van der Waals surface area contributed by atoms with Crippen molar-refractivity contribution in [1.29, 1.82) is 0 Å². The number of nitrogens with zero attached hydrogens (tertiary/aromatic N) is 1. The number of aliphatic hydroxyl groups is 1. The van der Waals surface area contributed by atoms with Crippen LogP contribution in [0.3, 0.4) is 0 Å². The van der Waals surface area contributed by atoms with E-state index in [-0.39, 0.29) is 18.6 Å². The highest BCUT2D eigenvalue weighted by Gasteiger charge is 2.19. The first-order valence-electron chi connectivity index (χ1n) is 7.08. The maximum atomic E-state index is 12.2. The third-order valence-corrected chi connectivity index (χ3v) is 4.27. The van der Waals surface area contributed by atoms with E-state index in [4.69, 9.17) is 9.84 Å². The van der Waals surface area contributed by atoms with E-state index in [0.29, 0.717) is 5.75 Å². The van der Waals surface area contributed by atoms with Gasteiger partial charge in [0.1, 0.15) is 10.8 Å². The van der Waals surface area contributed by atoms with Crippen LogP contribution in [0.25, 0.3) is 0 Å². The van der Waals surface area contributed by atoms with Crippen LogP contribution in [-0.2, 0) is 11.4 Å². The largest absolute Gasteiger partial charge is 0.481 e. The van der Waals surface area contributed by atoms with Crippen molar-refractivity contribution in [1.82, 2.24) is 10.3 Å². The van der Waals surface area contributed by atoms with Gasteiger partial charge in [-0.15, -0.1) is 11.3 Å². The van der Waals surface area contributed by atoms with Crippen LogP contribution in [-0.4, -0.2) is 22.1 Å². The van der Waals surface area contributed by atoms with Gasteiger partial charge in [0.05, 0.1) is 12.6 Å². The number of aromatic nitrogens is 1. The van der Waals surface area contributed by atoms with Crippen LogP contribution in [0.5, 0.6) is 5.75 Å². The molecule has 0 aliphatic rings. The van der Waals surface area contributed by atoms with Crippen molar-refractivity contribution in [2.75, 3.05) is 0 Å². The molecule has 0 aliphatic carbocycles. The number of hydrogen-bond acceptors (Lipinski definition) is 5. The average molecular weight is 320 g/mol. The molecule has 1 amide bonds. The van der Waals surface area contributed by atoms with Crippen molar-refractivity contribution >= 4 is 17.2 Å². The van der Waals surface area contributed by atoms with Gasteiger partial charge in [0, 0.05) is 11.1 Å². The number of nitrogens with one attached hydrogen (secondary N) is 1. The Hall–Kier alpha value is -1.92. The van der Waals surface area contributed by atoms with Gasteiger partial charge >= 0.3 is 0 Å². The van der Waals surface area contributed by atoms with Crippen molar-refractivity contribution in [3.8, 4) is 5.75 Å². The molecule has 2 atom stereocenters. The molecule has 1 aromatic carbocycles. The maximum Gasteiger partial charge on any atom is 0.261 e. The van der Waals surface area contributed by atoms with Crippen molar-refractivity contribution in [2.24, 2.45) is 0 Å². The standard InChI is InChI=1S/C16H20N2O3S/c1-10-9-22-16(17-10)11(2)18-15(20)12(3)21-14-6-4-5-13(7-14)8-19/h4-7,9,11-12,19H,8H2,1-3H3,(H,18,20). The van der Waals surface area contributed by atoms with Crippen molar-refractivity contribution in [3.63, 3.8) is 0 Å². The molecule has 0 bridgehead atoms. The molecule has 2 N–H and O–H groups in total. The van der Waals surface area contributed by atoms with Gasteiger partial charge in [-0.2, -0.15) is 0 Å². The highest BCUT2D eigenvalue weighted by molar-refractivity contribution is 7.09. The summed E-state index contributed by atoms with van der Waals surface area (Å²) in [4.78, 5) is 16.5. The number of rotatable bonds is 6. The predicted octanol–water partition coefficient (Wildman–Crippen LogP) is 2.59. The lowest BCUT2D eigenvalue weighted by atomic mass is 10.2. The molecule has 0 saturated heterocycles. The summed E-state index contributed by atoms with van der Waals surface area (Å²) in [6, 6.07) is 6.91. The summed E-state index contributed by atoms with van der Waals surface area (Å²) in [6.07, 6.45) is -0.627. The molecule has 1 heterocycles. The maximum absolute atomic E-state index is 12.2. The highest BCUT2D eigenvalue weighted by atomic mass is 32.1. The minimum atomic E-state index is -0.627. The molecule has 118 valence electrons. The SMILES string of the molecule is Cc1csc(C(C)NC(=O)C(C)Oc2cccc(CO)c2)n1. The van der Waals surface area contributed by atoms with Crippen LogP contribution in [0, 0.1) is 6.92 Å². The van der Waals surface area contributed by atoms with Gasteiger partial charge < -0.3 is 15.2 Å². The van der Waals surface area contributed by atoms with Gasteiger partial charge in [-0.25, -0.2) is 4.98 Å².